The lowest BCUT2D eigenvalue weighted by Gasteiger charge is -2.38. The molecule has 11 heteroatoms. The van der Waals surface area contributed by atoms with Crippen LogP contribution in [0.5, 0.6) is 5.88 Å². The molecule has 33 heavy (non-hydrogen) atoms. The zero-order valence-corrected chi connectivity index (χ0v) is 17.3. The summed E-state index contributed by atoms with van der Waals surface area (Å²) in [6, 6.07) is 6.30. The van der Waals surface area contributed by atoms with Gasteiger partial charge in [0.1, 0.15) is 12.3 Å². The number of amides is 1. The van der Waals surface area contributed by atoms with Crippen molar-refractivity contribution in [3.8, 4) is 11.6 Å². The SMILES string of the molecule is O=C(c1cccc(F)c1-n1nccn1)N1CC2CCC1(COc1ccc(C(F)(F)F)cn1)C2. The zero-order valence-electron chi connectivity index (χ0n) is 17.3. The maximum absolute atomic E-state index is 14.6. The topological polar surface area (TPSA) is 73.1 Å². The van der Waals surface area contributed by atoms with Crippen LogP contribution in [0.3, 0.4) is 0 Å². The van der Waals surface area contributed by atoms with Crippen molar-refractivity contribution in [3.63, 3.8) is 0 Å². The summed E-state index contributed by atoms with van der Waals surface area (Å²) in [6.45, 7) is 0.573. The summed E-state index contributed by atoms with van der Waals surface area (Å²) in [4.78, 5) is 20.1. The molecule has 1 saturated heterocycles. The Bertz CT molecular complexity index is 1170. The monoisotopic (exact) mass is 461 g/mol. The lowest BCUT2D eigenvalue weighted by molar-refractivity contribution is -0.137. The Morgan fingerprint density at radius 3 is 2.64 bits per heavy atom. The van der Waals surface area contributed by atoms with Gasteiger partial charge in [-0.1, -0.05) is 6.07 Å². The van der Waals surface area contributed by atoms with E-state index in [1.807, 2.05) is 0 Å². The van der Waals surface area contributed by atoms with Gasteiger partial charge in [0.2, 0.25) is 5.88 Å². The van der Waals surface area contributed by atoms with Crippen molar-refractivity contribution >= 4 is 5.91 Å². The molecule has 3 heterocycles. The molecular formula is C22H19F4N5O2. The molecule has 2 aliphatic rings. The van der Waals surface area contributed by atoms with Gasteiger partial charge in [-0.05, 0) is 43.4 Å². The van der Waals surface area contributed by atoms with E-state index in [9.17, 15) is 22.4 Å². The minimum absolute atomic E-state index is 0.0317. The van der Waals surface area contributed by atoms with Crippen LogP contribution in [0.15, 0.2) is 48.9 Å². The van der Waals surface area contributed by atoms with Crippen LogP contribution in [0.4, 0.5) is 17.6 Å². The third-order valence-corrected chi connectivity index (χ3v) is 6.33. The molecule has 1 saturated carbocycles. The highest BCUT2D eigenvalue weighted by atomic mass is 19.4. The Balaban J connectivity index is 1.40. The van der Waals surface area contributed by atoms with E-state index in [0.717, 1.165) is 23.5 Å². The smallest absolute Gasteiger partial charge is 0.417 e. The highest BCUT2D eigenvalue weighted by Gasteiger charge is 2.53. The first-order valence-corrected chi connectivity index (χ1v) is 10.4. The van der Waals surface area contributed by atoms with Gasteiger partial charge in [-0.25, -0.2) is 9.37 Å². The molecule has 2 aromatic heterocycles. The number of fused-ring (bicyclic) bond motifs is 2. The molecule has 1 amide bonds. The number of aromatic nitrogens is 4. The van der Waals surface area contributed by atoms with Gasteiger partial charge >= 0.3 is 6.18 Å². The lowest BCUT2D eigenvalue weighted by Crippen LogP contribution is -2.52. The second-order valence-corrected chi connectivity index (χ2v) is 8.37. The van der Waals surface area contributed by atoms with Gasteiger partial charge in [-0.15, -0.1) is 4.80 Å². The molecule has 7 nitrogen and oxygen atoms in total. The fourth-order valence-corrected chi connectivity index (χ4v) is 4.78. The van der Waals surface area contributed by atoms with Gasteiger partial charge in [-0.3, -0.25) is 4.79 Å². The number of likely N-dealkylation sites (tertiary alicyclic amines) is 1. The van der Waals surface area contributed by atoms with Gasteiger partial charge < -0.3 is 9.64 Å². The van der Waals surface area contributed by atoms with Crippen molar-refractivity contribution in [1.29, 1.82) is 0 Å². The second-order valence-electron chi connectivity index (χ2n) is 8.37. The number of carbonyl (C=O) groups is 1. The summed E-state index contributed by atoms with van der Waals surface area (Å²) in [5, 5.41) is 7.93. The van der Waals surface area contributed by atoms with E-state index < -0.39 is 23.1 Å². The fraction of sp³-hybridized carbons (Fsp3) is 0.364. The minimum Gasteiger partial charge on any atom is -0.475 e. The lowest BCUT2D eigenvalue weighted by atomic mass is 9.96. The zero-order chi connectivity index (χ0) is 23.2. The Hall–Kier alpha value is -3.50. The molecular weight excluding hydrogens is 442 g/mol. The highest BCUT2D eigenvalue weighted by Crippen LogP contribution is 2.47. The van der Waals surface area contributed by atoms with Crippen LogP contribution in [0.2, 0.25) is 0 Å². The molecule has 2 fully saturated rings. The molecule has 0 N–H and O–H groups in total. The third kappa shape index (κ3) is 3.81. The predicted molar refractivity (Wildman–Crippen MR) is 107 cm³/mol. The summed E-state index contributed by atoms with van der Waals surface area (Å²) >= 11 is 0. The number of alkyl halides is 3. The van der Waals surface area contributed by atoms with Crippen molar-refractivity contribution in [2.75, 3.05) is 13.2 Å². The van der Waals surface area contributed by atoms with Crippen LogP contribution in [-0.4, -0.2) is 49.5 Å². The molecule has 0 spiro atoms. The Morgan fingerprint density at radius 2 is 1.97 bits per heavy atom. The number of para-hydroxylation sites is 1. The molecule has 1 aliphatic heterocycles. The summed E-state index contributed by atoms with van der Waals surface area (Å²) in [5.41, 5.74) is -1.41. The van der Waals surface area contributed by atoms with E-state index in [2.05, 4.69) is 15.2 Å². The van der Waals surface area contributed by atoms with E-state index in [1.165, 1.54) is 36.7 Å². The maximum Gasteiger partial charge on any atom is 0.417 e. The number of pyridine rings is 1. The first-order chi connectivity index (χ1) is 15.8. The number of ether oxygens (including phenoxy) is 1. The van der Waals surface area contributed by atoms with Gasteiger partial charge in [0.05, 0.1) is 29.1 Å². The third-order valence-electron chi connectivity index (χ3n) is 6.33. The van der Waals surface area contributed by atoms with E-state index >= 15 is 0 Å². The summed E-state index contributed by atoms with van der Waals surface area (Å²) in [7, 11) is 0. The summed E-state index contributed by atoms with van der Waals surface area (Å²) < 4.78 is 58.7. The number of piperidine rings is 1. The number of carbonyl (C=O) groups excluding carboxylic acids is 1. The molecule has 2 unspecified atom stereocenters. The van der Waals surface area contributed by atoms with Crippen molar-refractivity contribution in [3.05, 3.63) is 65.9 Å². The number of benzene rings is 1. The van der Waals surface area contributed by atoms with Crippen molar-refractivity contribution < 1.29 is 27.1 Å². The predicted octanol–water partition coefficient (Wildman–Crippen LogP) is 3.89. The molecule has 2 atom stereocenters. The molecule has 0 radical (unpaired) electrons. The van der Waals surface area contributed by atoms with Crippen LogP contribution < -0.4 is 4.74 Å². The average molecular weight is 461 g/mol. The van der Waals surface area contributed by atoms with Crippen molar-refractivity contribution in [2.45, 2.75) is 31.0 Å². The van der Waals surface area contributed by atoms with E-state index in [-0.39, 0.29) is 35.6 Å². The first-order valence-electron chi connectivity index (χ1n) is 10.4. The van der Waals surface area contributed by atoms with Crippen LogP contribution in [-0.2, 0) is 6.18 Å². The second kappa shape index (κ2) is 7.82. The Labute approximate surface area is 186 Å². The largest absolute Gasteiger partial charge is 0.475 e. The van der Waals surface area contributed by atoms with Gasteiger partial charge in [0.25, 0.3) is 5.91 Å². The number of rotatable bonds is 5. The van der Waals surface area contributed by atoms with Crippen LogP contribution >= 0.6 is 0 Å². The molecule has 1 aromatic carbocycles. The standard InChI is InChI=1S/C22H19F4N5O2/c23-17-3-1-2-16(19(17)31-28-8-9-29-31)20(32)30-12-14-6-7-21(30,10-14)13-33-18-5-4-15(11-27-18)22(24,25)26/h1-5,8-9,11,14H,6-7,10,12-13H2. The molecule has 2 bridgehead atoms. The van der Waals surface area contributed by atoms with Gasteiger partial charge in [0, 0.05) is 18.8 Å². The molecule has 5 rings (SSSR count). The summed E-state index contributed by atoms with van der Waals surface area (Å²) in [5.74, 6) is -0.668. The Morgan fingerprint density at radius 1 is 1.18 bits per heavy atom. The fourth-order valence-electron chi connectivity index (χ4n) is 4.78. The quantitative estimate of drug-likeness (QED) is 0.539. The maximum atomic E-state index is 14.6. The van der Waals surface area contributed by atoms with E-state index in [4.69, 9.17) is 4.74 Å². The van der Waals surface area contributed by atoms with E-state index in [0.29, 0.717) is 19.4 Å². The Kier molecular flexibility index (Phi) is 5.06. The number of halogens is 4. The minimum atomic E-state index is -4.48. The van der Waals surface area contributed by atoms with Crippen molar-refractivity contribution in [1.82, 2.24) is 24.9 Å². The van der Waals surface area contributed by atoms with Crippen LogP contribution in [0.1, 0.15) is 35.2 Å². The van der Waals surface area contributed by atoms with Gasteiger partial charge in [0.15, 0.2) is 5.82 Å². The molecule has 172 valence electrons. The number of hydrogen-bond acceptors (Lipinski definition) is 5. The van der Waals surface area contributed by atoms with Crippen LogP contribution in [0.25, 0.3) is 5.69 Å². The molecule has 3 aromatic rings. The first kappa shape index (κ1) is 21.4. The highest BCUT2D eigenvalue weighted by molar-refractivity contribution is 5.98. The summed E-state index contributed by atoms with van der Waals surface area (Å²) in [6.07, 6.45) is 1.31. The van der Waals surface area contributed by atoms with E-state index in [1.54, 1.807) is 4.90 Å². The van der Waals surface area contributed by atoms with Crippen molar-refractivity contribution in [2.24, 2.45) is 5.92 Å². The normalized spacial score (nSPS) is 22.1. The number of hydrogen-bond donors (Lipinski definition) is 0. The number of nitrogens with zero attached hydrogens (tertiary/aromatic N) is 5. The van der Waals surface area contributed by atoms with Crippen LogP contribution in [0, 0.1) is 11.7 Å². The van der Waals surface area contributed by atoms with Gasteiger partial charge in [-0.2, -0.15) is 23.4 Å². The molecule has 1 aliphatic carbocycles. The average Bonchev–Trinajstić information content (AvgIpc) is 3.53.